The second kappa shape index (κ2) is 6.68. The van der Waals surface area contributed by atoms with Gasteiger partial charge in [-0.25, -0.2) is 0 Å². The summed E-state index contributed by atoms with van der Waals surface area (Å²) in [6, 6.07) is 5.65. The Kier molecular flexibility index (Phi) is 4.93. The number of aliphatic hydroxyl groups is 1. The number of hydrogen-bond donors (Lipinski definition) is 1. The Morgan fingerprint density at radius 2 is 2.26 bits per heavy atom. The maximum Gasteiger partial charge on any atom is 0.176 e. The van der Waals surface area contributed by atoms with E-state index in [2.05, 4.69) is 6.92 Å². The summed E-state index contributed by atoms with van der Waals surface area (Å²) < 4.78 is 5.44. The second-order valence-corrected chi connectivity index (χ2v) is 4.84. The van der Waals surface area contributed by atoms with Gasteiger partial charge in [0.05, 0.1) is 19.8 Å². The molecule has 0 aromatic heterocycles. The van der Waals surface area contributed by atoms with E-state index in [1.807, 2.05) is 23.1 Å². The van der Waals surface area contributed by atoms with E-state index in [4.69, 9.17) is 9.84 Å². The van der Waals surface area contributed by atoms with Gasteiger partial charge in [0, 0.05) is 18.5 Å². The summed E-state index contributed by atoms with van der Waals surface area (Å²) in [5, 5.41) is 9.00. The molecule has 4 nitrogen and oxygen atoms in total. The van der Waals surface area contributed by atoms with Crippen molar-refractivity contribution in [1.29, 1.82) is 0 Å². The van der Waals surface area contributed by atoms with Gasteiger partial charge in [-0.1, -0.05) is 6.92 Å². The van der Waals surface area contributed by atoms with Gasteiger partial charge in [0.1, 0.15) is 5.75 Å². The van der Waals surface area contributed by atoms with Gasteiger partial charge in [-0.05, 0) is 36.7 Å². The first-order valence-corrected chi connectivity index (χ1v) is 6.86. The van der Waals surface area contributed by atoms with E-state index >= 15 is 0 Å². The van der Waals surface area contributed by atoms with Gasteiger partial charge in [0.15, 0.2) is 5.78 Å². The molecule has 104 valence electrons. The van der Waals surface area contributed by atoms with Gasteiger partial charge in [-0.2, -0.15) is 0 Å². The number of aliphatic hydroxyl groups excluding tert-OH is 1. The first kappa shape index (κ1) is 14.0. The zero-order chi connectivity index (χ0) is 13.7. The molecule has 0 fully saturated rings. The summed E-state index contributed by atoms with van der Waals surface area (Å²) in [4.78, 5) is 14.2. The van der Waals surface area contributed by atoms with Crippen LogP contribution in [-0.2, 0) is 6.42 Å². The summed E-state index contributed by atoms with van der Waals surface area (Å²) >= 11 is 0. The predicted molar refractivity (Wildman–Crippen MR) is 73.8 cm³/mol. The number of rotatable bonds is 7. The Morgan fingerprint density at radius 1 is 1.42 bits per heavy atom. The smallest absolute Gasteiger partial charge is 0.176 e. The number of carbonyl (C=O) groups is 1. The van der Waals surface area contributed by atoms with E-state index in [1.165, 1.54) is 0 Å². The Labute approximate surface area is 114 Å². The molecule has 0 aliphatic carbocycles. The highest BCUT2D eigenvalue weighted by molar-refractivity contribution is 5.98. The van der Waals surface area contributed by atoms with E-state index in [9.17, 15) is 4.79 Å². The normalized spacial score (nSPS) is 13.4. The number of fused-ring (bicyclic) bond motifs is 1. The highest BCUT2D eigenvalue weighted by atomic mass is 16.5. The molecule has 2 rings (SSSR count). The minimum Gasteiger partial charge on any atom is -0.493 e. The molecule has 1 aromatic rings. The first-order valence-electron chi connectivity index (χ1n) is 6.86. The lowest BCUT2D eigenvalue weighted by Gasteiger charge is -2.19. The van der Waals surface area contributed by atoms with Crippen molar-refractivity contribution >= 4 is 5.78 Å². The molecule has 0 unspecified atom stereocenters. The number of benzene rings is 1. The molecule has 0 saturated carbocycles. The summed E-state index contributed by atoms with van der Waals surface area (Å²) in [6.45, 7) is 4.62. The Balaban J connectivity index is 2.02. The first-order chi connectivity index (χ1) is 9.24. The minimum atomic E-state index is 0.0886. The van der Waals surface area contributed by atoms with E-state index in [-0.39, 0.29) is 12.4 Å². The van der Waals surface area contributed by atoms with Gasteiger partial charge in [0.2, 0.25) is 0 Å². The summed E-state index contributed by atoms with van der Waals surface area (Å²) in [5.41, 5.74) is 1.86. The fourth-order valence-electron chi connectivity index (χ4n) is 2.38. The SMILES string of the molecule is CCCN(CCO)CC(=O)c1ccc2c(c1)CCO2. The van der Waals surface area contributed by atoms with Crippen molar-refractivity contribution in [2.75, 3.05) is 32.8 Å². The predicted octanol–water partition coefficient (Wildman–Crippen LogP) is 1.51. The average molecular weight is 263 g/mol. The summed E-state index contributed by atoms with van der Waals surface area (Å²) in [5.74, 6) is 1.01. The molecule has 0 atom stereocenters. The van der Waals surface area contributed by atoms with Gasteiger partial charge in [-0.15, -0.1) is 0 Å². The zero-order valence-electron chi connectivity index (χ0n) is 11.4. The van der Waals surface area contributed by atoms with Crippen molar-refractivity contribution < 1.29 is 14.6 Å². The third kappa shape index (κ3) is 3.55. The molecule has 0 saturated heterocycles. The van der Waals surface area contributed by atoms with Crippen molar-refractivity contribution in [2.24, 2.45) is 0 Å². The minimum absolute atomic E-state index is 0.0886. The highest BCUT2D eigenvalue weighted by Crippen LogP contribution is 2.26. The summed E-state index contributed by atoms with van der Waals surface area (Å²) in [7, 11) is 0. The van der Waals surface area contributed by atoms with Crippen LogP contribution in [0.15, 0.2) is 18.2 Å². The number of carbonyl (C=O) groups excluding carboxylic acids is 1. The van der Waals surface area contributed by atoms with Crippen molar-refractivity contribution in [3.8, 4) is 5.75 Å². The molecule has 4 heteroatoms. The number of hydrogen-bond acceptors (Lipinski definition) is 4. The van der Waals surface area contributed by atoms with Crippen LogP contribution in [0.1, 0.15) is 29.3 Å². The van der Waals surface area contributed by atoms with Gasteiger partial charge >= 0.3 is 0 Å². The van der Waals surface area contributed by atoms with Crippen LogP contribution in [0.3, 0.4) is 0 Å². The number of ether oxygens (including phenoxy) is 1. The fourth-order valence-corrected chi connectivity index (χ4v) is 2.38. The fraction of sp³-hybridized carbons (Fsp3) is 0.533. The molecule has 1 aromatic carbocycles. The van der Waals surface area contributed by atoms with Crippen LogP contribution >= 0.6 is 0 Å². The third-order valence-electron chi connectivity index (χ3n) is 3.33. The molecule has 1 N–H and O–H groups in total. The largest absolute Gasteiger partial charge is 0.493 e. The summed E-state index contributed by atoms with van der Waals surface area (Å²) in [6.07, 6.45) is 1.86. The highest BCUT2D eigenvalue weighted by Gasteiger charge is 2.16. The molecular formula is C15H21NO3. The van der Waals surface area contributed by atoms with Crippen LogP contribution in [0.25, 0.3) is 0 Å². The van der Waals surface area contributed by atoms with E-state index in [1.54, 1.807) is 0 Å². The average Bonchev–Trinajstić information content (AvgIpc) is 2.86. The number of Topliss-reactive ketones (excluding diaryl/α,β-unsaturated/α-hetero) is 1. The van der Waals surface area contributed by atoms with Crippen LogP contribution in [0.4, 0.5) is 0 Å². The molecule has 0 radical (unpaired) electrons. The third-order valence-corrected chi connectivity index (χ3v) is 3.33. The molecule has 1 aliphatic rings. The Bertz CT molecular complexity index is 439. The molecule has 1 heterocycles. The Hall–Kier alpha value is -1.39. The van der Waals surface area contributed by atoms with Crippen LogP contribution in [0.2, 0.25) is 0 Å². The quantitative estimate of drug-likeness (QED) is 0.758. The number of ketones is 1. The van der Waals surface area contributed by atoms with Gasteiger partial charge in [-0.3, -0.25) is 9.69 Å². The van der Waals surface area contributed by atoms with Crippen molar-refractivity contribution in [2.45, 2.75) is 19.8 Å². The number of nitrogens with zero attached hydrogens (tertiary/aromatic N) is 1. The maximum absolute atomic E-state index is 12.2. The standard InChI is InChI=1S/C15H21NO3/c1-2-6-16(7-8-17)11-14(18)12-3-4-15-13(10-12)5-9-19-15/h3-4,10,17H,2,5-9,11H2,1H3. The van der Waals surface area contributed by atoms with Gasteiger partial charge in [0.25, 0.3) is 0 Å². The zero-order valence-corrected chi connectivity index (χ0v) is 11.4. The van der Waals surface area contributed by atoms with Crippen LogP contribution < -0.4 is 4.74 Å². The molecule has 0 bridgehead atoms. The molecule has 0 spiro atoms. The van der Waals surface area contributed by atoms with Crippen LogP contribution in [-0.4, -0.2) is 48.6 Å². The van der Waals surface area contributed by atoms with Crippen molar-refractivity contribution in [1.82, 2.24) is 4.90 Å². The van der Waals surface area contributed by atoms with E-state index < -0.39 is 0 Å². The van der Waals surface area contributed by atoms with Crippen LogP contribution in [0, 0.1) is 0 Å². The van der Waals surface area contributed by atoms with E-state index in [0.717, 1.165) is 36.3 Å². The van der Waals surface area contributed by atoms with Gasteiger partial charge < -0.3 is 9.84 Å². The molecule has 0 amide bonds. The van der Waals surface area contributed by atoms with Crippen LogP contribution in [0.5, 0.6) is 5.75 Å². The molecular weight excluding hydrogens is 242 g/mol. The maximum atomic E-state index is 12.2. The lowest BCUT2D eigenvalue weighted by Crippen LogP contribution is -2.33. The molecule has 1 aliphatic heterocycles. The topological polar surface area (TPSA) is 49.8 Å². The van der Waals surface area contributed by atoms with Crippen molar-refractivity contribution in [3.63, 3.8) is 0 Å². The monoisotopic (exact) mass is 263 g/mol. The lowest BCUT2D eigenvalue weighted by molar-refractivity contribution is 0.0915. The molecule has 19 heavy (non-hydrogen) atoms. The van der Waals surface area contributed by atoms with E-state index in [0.29, 0.717) is 19.7 Å². The Morgan fingerprint density at radius 3 is 3.00 bits per heavy atom. The second-order valence-electron chi connectivity index (χ2n) is 4.84. The lowest BCUT2D eigenvalue weighted by atomic mass is 10.1. The van der Waals surface area contributed by atoms with Crippen molar-refractivity contribution in [3.05, 3.63) is 29.3 Å².